The van der Waals surface area contributed by atoms with Gasteiger partial charge in [0.2, 0.25) is 0 Å². The highest BCUT2D eigenvalue weighted by atomic mass is 16.5. The molecule has 0 spiro atoms. The molecule has 23 heavy (non-hydrogen) atoms. The van der Waals surface area contributed by atoms with E-state index in [-0.39, 0.29) is 11.8 Å². The highest BCUT2D eigenvalue weighted by Gasteiger charge is 2.20. The van der Waals surface area contributed by atoms with Gasteiger partial charge in [-0.3, -0.25) is 4.79 Å². The molecule has 0 aliphatic carbocycles. The van der Waals surface area contributed by atoms with Crippen molar-refractivity contribution < 1.29 is 14.6 Å². The average Bonchev–Trinajstić information content (AvgIpc) is 2.48. The third-order valence-corrected chi connectivity index (χ3v) is 3.66. The summed E-state index contributed by atoms with van der Waals surface area (Å²) in [6.07, 6.45) is 4.75. The van der Waals surface area contributed by atoms with Gasteiger partial charge in [-0.2, -0.15) is 0 Å². The Bertz CT molecular complexity index is 550. The van der Waals surface area contributed by atoms with Crippen LogP contribution in [0.4, 0.5) is 0 Å². The lowest BCUT2D eigenvalue weighted by atomic mass is 9.84. The predicted molar refractivity (Wildman–Crippen MR) is 96.1 cm³/mol. The first kappa shape index (κ1) is 19.3. The summed E-state index contributed by atoms with van der Waals surface area (Å²) in [4.78, 5) is 10.9. The fourth-order valence-corrected chi connectivity index (χ4v) is 2.50. The molecule has 1 aromatic carbocycles. The Balaban J connectivity index is 3.25. The Kier molecular flexibility index (Phi) is 7.34. The zero-order chi connectivity index (χ0) is 17.5. The van der Waals surface area contributed by atoms with E-state index in [0.29, 0.717) is 6.61 Å². The Morgan fingerprint density at radius 2 is 1.91 bits per heavy atom. The second-order valence-corrected chi connectivity index (χ2v) is 6.89. The van der Waals surface area contributed by atoms with Crippen LogP contribution < -0.4 is 4.74 Å². The molecule has 0 aromatic heterocycles. The molecular formula is C20H30O3. The van der Waals surface area contributed by atoms with Crippen molar-refractivity contribution in [1.29, 1.82) is 0 Å². The van der Waals surface area contributed by atoms with E-state index < -0.39 is 5.97 Å². The maximum atomic E-state index is 10.9. The molecule has 3 nitrogen and oxygen atoms in total. The van der Waals surface area contributed by atoms with Crippen LogP contribution in [0.3, 0.4) is 0 Å². The molecule has 0 saturated heterocycles. The molecule has 0 bridgehead atoms. The second kappa shape index (κ2) is 8.76. The Morgan fingerprint density at radius 3 is 2.43 bits per heavy atom. The first-order valence-corrected chi connectivity index (χ1v) is 8.48. The van der Waals surface area contributed by atoms with Crippen LogP contribution in [0.2, 0.25) is 0 Å². The maximum Gasteiger partial charge on any atom is 0.307 e. The van der Waals surface area contributed by atoms with Crippen LogP contribution >= 0.6 is 0 Å². The summed E-state index contributed by atoms with van der Waals surface area (Å²) in [5, 5.41) is 8.94. The molecule has 3 heteroatoms. The molecule has 0 saturated carbocycles. The number of ether oxygens (including phenoxy) is 1. The third kappa shape index (κ3) is 6.09. The summed E-state index contributed by atoms with van der Waals surface area (Å²) >= 11 is 0. The van der Waals surface area contributed by atoms with Gasteiger partial charge >= 0.3 is 5.97 Å². The van der Waals surface area contributed by atoms with E-state index >= 15 is 0 Å². The van der Waals surface area contributed by atoms with Crippen LogP contribution in [0.15, 0.2) is 24.3 Å². The summed E-state index contributed by atoms with van der Waals surface area (Å²) in [6.45, 7) is 11.4. The predicted octanol–water partition coefficient (Wildman–Crippen LogP) is 5.43. The van der Waals surface area contributed by atoms with Gasteiger partial charge in [-0.25, -0.2) is 0 Å². The quantitative estimate of drug-likeness (QED) is 0.695. The van der Waals surface area contributed by atoms with Crippen LogP contribution in [-0.4, -0.2) is 17.7 Å². The minimum absolute atomic E-state index is 0.0246. The van der Waals surface area contributed by atoms with Gasteiger partial charge in [-0.1, -0.05) is 53.2 Å². The zero-order valence-corrected chi connectivity index (χ0v) is 15.1. The van der Waals surface area contributed by atoms with Crippen molar-refractivity contribution >= 4 is 11.5 Å². The number of hydrogen-bond acceptors (Lipinski definition) is 2. The lowest BCUT2D eigenvalue weighted by Crippen LogP contribution is -2.14. The van der Waals surface area contributed by atoms with Gasteiger partial charge in [0.05, 0.1) is 13.0 Å². The van der Waals surface area contributed by atoms with Crippen molar-refractivity contribution in [2.24, 2.45) is 0 Å². The normalized spacial score (nSPS) is 12.3. The molecule has 1 rings (SSSR count). The van der Waals surface area contributed by atoms with Crippen LogP contribution in [0.25, 0.3) is 5.57 Å². The van der Waals surface area contributed by atoms with E-state index in [9.17, 15) is 4.79 Å². The van der Waals surface area contributed by atoms with E-state index in [1.165, 1.54) is 5.56 Å². The second-order valence-electron chi connectivity index (χ2n) is 6.89. The monoisotopic (exact) mass is 318 g/mol. The highest BCUT2D eigenvalue weighted by Crippen LogP contribution is 2.35. The molecule has 1 N–H and O–H groups in total. The number of carboxylic acids is 1. The number of hydrogen-bond donors (Lipinski definition) is 1. The molecule has 1 aromatic rings. The van der Waals surface area contributed by atoms with Gasteiger partial charge < -0.3 is 9.84 Å². The number of benzene rings is 1. The number of carbonyl (C=O) groups is 1. The van der Waals surface area contributed by atoms with E-state index in [2.05, 4.69) is 40.7 Å². The molecule has 128 valence electrons. The molecule has 0 unspecified atom stereocenters. The molecule has 0 aliphatic heterocycles. The largest absolute Gasteiger partial charge is 0.493 e. The number of allylic oxidation sites excluding steroid dienone is 1. The number of rotatable bonds is 8. The molecular weight excluding hydrogens is 288 g/mol. The van der Waals surface area contributed by atoms with Crippen molar-refractivity contribution in [2.45, 2.75) is 65.7 Å². The number of carboxylic acid groups (broad SMARTS) is 1. The van der Waals surface area contributed by atoms with E-state index in [1.807, 2.05) is 18.2 Å². The van der Waals surface area contributed by atoms with Crippen LogP contribution in [0.1, 0.15) is 71.4 Å². The van der Waals surface area contributed by atoms with Crippen LogP contribution in [-0.2, 0) is 10.2 Å². The van der Waals surface area contributed by atoms with E-state index in [4.69, 9.17) is 9.84 Å². The molecule has 0 amide bonds. The van der Waals surface area contributed by atoms with Crippen LogP contribution in [0.5, 0.6) is 5.75 Å². The van der Waals surface area contributed by atoms with Crippen molar-refractivity contribution in [3.63, 3.8) is 0 Å². The first-order chi connectivity index (χ1) is 10.8. The Morgan fingerprint density at radius 1 is 1.22 bits per heavy atom. The lowest BCUT2D eigenvalue weighted by molar-refractivity contribution is -0.135. The van der Waals surface area contributed by atoms with Crippen LogP contribution in [0, 0.1) is 0 Å². The zero-order valence-electron chi connectivity index (χ0n) is 15.1. The molecule has 0 aliphatic rings. The molecule has 0 fully saturated rings. The summed E-state index contributed by atoms with van der Waals surface area (Å²) in [5.74, 6) is 0.134. The summed E-state index contributed by atoms with van der Waals surface area (Å²) in [7, 11) is 0. The smallest absolute Gasteiger partial charge is 0.307 e. The van der Waals surface area contributed by atoms with E-state index in [0.717, 1.165) is 36.1 Å². The summed E-state index contributed by atoms with van der Waals surface area (Å²) < 4.78 is 5.89. The van der Waals surface area contributed by atoms with Crippen molar-refractivity contribution in [3.05, 3.63) is 35.4 Å². The summed E-state index contributed by atoms with van der Waals surface area (Å²) in [5.41, 5.74) is 3.34. The van der Waals surface area contributed by atoms with Gasteiger partial charge in [0.1, 0.15) is 5.75 Å². The first-order valence-electron chi connectivity index (χ1n) is 8.48. The molecule has 0 heterocycles. The minimum atomic E-state index is -0.794. The van der Waals surface area contributed by atoms with Gasteiger partial charge in [0.15, 0.2) is 0 Å². The van der Waals surface area contributed by atoms with Crippen molar-refractivity contribution in [2.75, 3.05) is 6.61 Å². The van der Waals surface area contributed by atoms with E-state index in [1.54, 1.807) is 0 Å². The fourth-order valence-electron chi connectivity index (χ4n) is 2.50. The maximum absolute atomic E-state index is 10.9. The lowest BCUT2D eigenvalue weighted by Gasteiger charge is -2.24. The standard InChI is InChI=1S/C20H30O3/c1-6-8-15(10-12-19(21)22)16-9-11-18(23-13-7-2)17(14-16)20(3,4)5/h9-11,14H,6-8,12-13H2,1-5H3,(H,21,22)/b15-10+. The molecule has 0 atom stereocenters. The van der Waals surface area contributed by atoms with Crippen molar-refractivity contribution in [1.82, 2.24) is 0 Å². The Labute approximate surface area is 140 Å². The fraction of sp³-hybridized carbons (Fsp3) is 0.550. The van der Waals surface area contributed by atoms with Gasteiger partial charge in [0.25, 0.3) is 0 Å². The topological polar surface area (TPSA) is 46.5 Å². The number of aliphatic carboxylic acids is 1. The van der Waals surface area contributed by atoms with Gasteiger partial charge in [-0.15, -0.1) is 0 Å². The third-order valence-electron chi connectivity index (χ3n) is 3.66. The summed E-state index contributed by atoms with van der Waals surface area (Å²) in [6, 6.07) is 6.23. The Hall–Kier alpha value is -1.77. The van der Waals surface area contributed by atoms with Crippen molar-refractivity contribution in [3.8, 4) is 5.75 Å². The average molecular weight is 318 g/mol. The SMILES string of the molecule is CCCOc1ccc(/C(=C/CC(=O)O)CCC)cc1C(C)(C)C. The van der Waals surface area contributed by atoms with Gasteiger partial charge in [0, 0.05) is 5.56 Å². The minimum Gasteiger partial charge on any atom is -0.493 e. The highest BCUT2D eigenvalue weighted by molar-refractivity contribution is 5.74. The van der Waals surface area contributed by atoms with Gasteiger partial charge in [-0.05, 0) is 41.5 Å². The molecule has 0 radical (unpaired) electrons.